The van der Waals surface area contributed by atoms with Crippen LogP contribution >= 0.6 is 7.29 Å². The predicted octanol–water partition coefficient (Wildman–Crippen LogP) is 2.00. The highest BCUT2D eigenvalue weighted by Crippen LogP contribution is 2.42. The van der Waals surface area contributed by atoms with Crippen molar-refractivity contribution in [3.05, 3.63) is 35.9 Å². The molecule has 0 aliphatic carbocycles. The first-order valence-corrected chi connectivity index (χ1v) is 7.83. The van der Waals surface area contributed by atoms with Crippen molar-refractivity contribution in [3.8, 4) is 0 Å². The summed E-state index contributed by atoms with van der Waals surface area (Å²) in [6, 6.07) is 10.5. The van der Waals surface area contributed by atoms with Crippen LogP contribution in [-0.4, -0.2) is 37.4 Å². The number of rotatable bonds is 3. The average molecular weight is 238 g/mol. The molecule has 4 heteroatoms. The second kappa shape index (κ2) is 5.13. The Balaban J connectivity index is 1.89. The Morgan fingerprint density at radius 2 is 1.88 bits per heavy atom. The van der Waals surface area contributed by atoms with Crippen LogP contribution in [-0.2, 0) is 11.1 Å². The van der Waals surface area contributed by atoms with Gasteiger partial charge in [-0.25, -0.2) is 0 Å². The van der Waals surface area contributed by atoms with Crippen LogP contribution in [0.25, 0.3) is 0 Å². The maximum Gasteiger partial charge on any atom is 0.150 e. The van der Waals surface area contributed by atoms with Crippen molar-refractivity contribution in [1.82, 2.24) is 9.99 Å². The molecule has 0 unspecified atom stereocenters. The Labute approximate surface area is 97.3 Å². The van der Waals surface area contributed by atoms with Crippen molar-refractivity contribution in [2.24, 2.45) is 0 Å². The Morgan fingerprint density at radius 1 is 1.25 bits per heavy atom. The summed E-state index contributed by atoms with van der Waals surface area (Å²) in [7, 11) is -0.215. The van der Waals surface area contributed by atoms with Gasteiger partial charge in [0.15, 0.2) is 0 Å². The van der Waals surface area contributed by atoms with Gasteiger partial charge < -0.3 is 4.57 Å². The van der Waals surface area contributed by atoms with E-state index in [-0.39, 0.29) is 0 Å². The Morgan fingerprint density at radius 3 is 2.44 bits per heavy atom. The van der Waals surface area contributed by atoms with Gasteiger partial charge in [0.1, 0.15) is 7.29 Å². The third-order valence-corrected chi connectivity index (χ3v) is 5.87. The highest BCUT2D eigenvalue weighted by Gasteiger charge is 2.26. The van der Waals surface area contributed by atoms with Crippen LogP contribution < -0.4 is 5.09 Å². The average Bonchev–Trinajstić information content (AvgIpc) is 2.34. The molecule has 0 saturated carbocycles. The SMILES string of the molecule is CNP1(=O)CCN(Cc2ccccc2)CC1. The van der Waals surface area contributed by atoms with E-state index in [2.05, 4.69) is 34.3 Å². The number of hydrogen-bond donors (Lipinski definition) is 1. The largest absolute Gasteiger partial charge is 0.307 e. The first-order chi connectivity index (χ1) is 7.72. The summed E-state index contributed by atoms with van der Waals surface area (Å²) in [6.45, 7) is 2.85. The maximum absolute atomic E-state index is 12.1. The van der Waals surface area contributed by atoms with Crippen LogP contribution in [0.3, 0.4) is 0 Å². The first-order valence-electron chi connectivity index (χ1n) is 5.75. The van der Waals surface area contributed by atoms with E-state index in [1.54, 1.807) is 0 Å². The summed E-state index contributed by atoms with van der Waals surface area (Å²) in [6.07, 6.45) is 1.60. The van der Waals surface area contributed by atoms with E-state index in [9.17, 15) is 4.57 Å². The topological polar surface area (TPSA) is 32.3 Å². The molecule has 2 rings (SSSR count). The highest BCUT2D eigenvalue weighted by molar-refractivity contribution is 7.62. The molecule has 88 valence electrons. The lowest BCUT2D eigenvalue weighted by atomic mass is 10.2. The highest BCUT2D eigenvalue weighted by atomic mass is 31.2. The fourth-order valence-electron chi connectivity index (χ4n) is 2.05. The normalized spacial score (nSPS) is 20.8. The molecule has 1 N–H and O–H groups in total. The van der Waals surface area contributed by atoms with Gasteiger partial charge in [0.25, 0.3) is 0 Å². The predicted molar refractivity (Wildman–Crippen MR) is 68.1 cm³/mol. The lowest BCUT2D eigenvalue weighted by Crippen LogP contribution is -2.36. The van der Waals surface area contributed by atoms with Crippen LogP contribution in [0.1, 0.15) is 5.56 Å². The monoisotopic (exact) mass is 238 g/mol. The number of nitrogens with zero attached hydrogens (tertiary/aromatic N) is 1. The summed E-state index contributed by atoms with van der Waals surface area (Å²) < 4.78 is 12.1. The van der Waals surface area contributed by atoms with Crippen LogP contribution in [0.15, 0.2) is 30.3 Å². The number of benzene rings is 1. The second-order valence-electron chi connectivity index (χ2n) is 4.32. The zero-order valence-electron chi connectivity index (χ0n) is 9.72. The molecule has 0 radical (unpaired) electrons. The second-order valence-corrected chi connectivity index (χ2v) is 7.44. The summed E-state index contributed by atoms with van der Waals surface area (Å²) in [5.74, 6) is 0. The van der Waals surface area contributed by atoms with Crippen molar-refractivity contribution in [3.63, 3.8) is 0 Å². The molecule has 1 aromatic carbocycles. The van der Waals surface area contributed by atoms with Crippen molar-refractivity contribution in [2.75, 3.05) is 32.5 Å². The fourth-order valence-corrected chi connectivity index (χ4v) is 3.94. The molecule has 0 bridgehead atoms. The molecular weight excluding hydrogens is 219 g/mol. The summed E-state index contributed by atoms with van der Waals surface area (Å²) >= 11 is 0. The smallest absolute Gasteiger partial charge is 0.150 e. The van der Waals surface area contributed by atoms with E-state index < -0.39 is 7.29 Å². The van der Waals surface area contributed by atoms with E-state index in [0.717, 1.165) is 32.0 Å². The molecule has 16 heavy (non-hydrogen) atoms. The number of hydrogen-bond acceptors (Lipinski definition) is 2. The lowest BCUT2D eigenvalue weighted by molar-refractivity contribution is 0.286. The molecule has 1 heterocycles. The number of nitrogens with one attached hydrogen (secondary N) is 1. The van der Waals surface area contributed by atoms with Gasteiger partial charge in [-0.3, -0.25) is 9.99 Å². The van der Waals surface area contributed by atoms with Gasteiger partial charge in [-0.2, -0.15) is 0 Å². The van der Waals surface area contributed by atoms with Gasteiger partial charge >= 0.3 is 0 Å². The quantitative estimate of drug-likeness (QED) is 0.817. The van der Waals surface area contributed by atoms with Gasteiger partial charge in [0.2, 0.25) is 0 Å². The minimum absolute atomic E-state index is 0.802. The van der Waals surface area contributed by atoms with E-state index >= 15 is 0 Å². The molecule has 1 aromatic rings. The van der Waals surface area contributed by atoms with Crippen molar-refractivity contribution in [2.45, 2.75) is 6.54 Å². The van der Waals surface area contributed by atoms with Gasteiger partial charge in [-0.1, -0.05) is 30.3 Å². The molecule has 0 spiro atoms. The molecule has 0 atom stereocenters. The molecule has 1 aliphatic rings. The third-order valence-electron chi connectivity index (χ3n) is 3.21. The molecule has 1 saturated heterocycles. The summed E-state index contributed by atoms with van der Waals surface area (Å²) in [4.78, 5) is 2.38. The van der Waals surface area contributed by atoms with E-state index in [1.807, 2.05) is 13.1 Å². The zero-order valence-corrected chi connectivity index (χ0v) is 10.6. The summed E-state index contributed by atoms with van der Waals surface area (Å²) in [5.41, 5.74) is 1.34. The summed E-state index contributed by atoms with van der Waals surface area (Å²) in [5, 5.41) is 2.99. The molecule has 1 aliphatic heterocycles. The van der Waals surface area contributed by atoms with Gasteiger partial charge in [-0.15, -0.1) is 0 Å². The van der Waals surface area contributed by atoms with Crippen LogP contribution in [0.5, 0.6) is 0 Å². The Kier molecular flexibility index (Phi) is 3.80. The van der Waals surface area contributed by atoms with E-state index in [1.165, 1.54) is 5.56 Å². The van der Waals surface area contributed by atoms with Crippen molar-refractivity contribution < 1.29 is 4.57 Å². The molecule has 0 amide bonds. The van der Waals surface area contributed by atoms with Gasteiger partial charge in [0, 0.05) is 32.0 Å². The minimum Gasteiger partial charge on any atom is -0.307 e. The van der Waals surface area contributed by atoms with E-state index in [4.69, 9.17) is 0 Å². The van der Waals surface area contributed by atoms with Crippen molar-refractivity contribution >= 4 is 7.29 Å². The van der Waals surface area contributed by atoms with Crippen LogP contribution in [0, 0.1) is 0 Å². The molecule has 0 aromatic heterocycles. The zero-order chi connectivity index (χ0) is 11.4. The molecule has 3 nitrogen and oxygen atoms in total. The Bertz CT molecular complexity index is 368. The maximum atomic E-state index is 12.1. The third kappa shape index (κ3) is 2.94. The van der Waals surface area contributed by atoms with Crippen LogP contribution in [0.2, 0.25) is 0 Å². The fraction of sp³-hybridized carbons (Fsp3) is 0.500. The standard InChI is InChI=1S/C12H19N2OP/c1-13-16(15)9-7-14(8-10-16)11-12-5-3-2-4-6-12/h2-6H,7-11H2,1H3,(H,13,15). The Hall–Kier alpha value is -0.630. The van der Waals surface area contributed by atoms with Gasteiger partial charge in [0.05, 0.1) is 0 Å². The van der Waals surface area contributed by atoms with Crippen molar-refractivity contribution in [1.29, 1.82) is 0 Å². The molecule has 1 fully saturated rings. The van der Waals surface area contributed by atoms with Gasteiger partial charge in [-0.05, 0) is 12.6 Å². The van der Waals surface area contributed by atoms with Crippen LogP contribution in [0.4, 0.5) is 0 Å². The van der Waals surface area contributed by atoms with E-state index in [0.29, 0.717) is 0 Å². The lowest BCUT2D eigenvalue weighted by Gasteiger charge is -2.31. The minimum atomic E-state index is -2.03. The first kappa shape index (κ1) is 11.8. The molecular formula is C12H19N2OP.